The van der Waals surface area contributed by atoms with Crippen LogP contribution in [0.25, 0.3) is 0 Å². The van der Waals surface area contributed by atoms with Gasteiger partial charge < -0.3 is 9.84 Å². The van der Waals surface area contributed by atoms with Crippen molar-refractivity contribution in [1.82, 2.24) is 0 Å². The number of hydrogen-bond donors (Lipinski definition) is 1. The number of carboxylic acids is 1. The average Bonchev–Trinajstić information content (AvgIpc) is 2.41. The Morgan fingerprint density at radius 3 is 2.10 bits per heavy atom. The summed E-state index contributed by atoms with van der Waals surface area (Å²) in [4.78, 5) is 20.9. The van der Waals surface area contributed by atoms with Gasteiger partial charge in [-0.05, 0) is 26.2 Å². The molecular weight excluding hydrogens is 256 g/mol. The number of aliphatic carboxylic acids is 1. The fraction of sp³-hybridized carbons (Fsp3) is 0.625. The fourth-order valence-corrected chi connectivity index (χ4v) is 1.46. The molecule has 0 spiro atoms. The largest absolute Gasteiger partial charge is 0.478 e. The lowest BCUT2D eigenvalue weighted by Gasteiger charge is -2.01. The number of unbranched alkanes of at least 4 members (excludes halogenated alkanes) is 3. The molecule has 4 heteroatoms. The van der Waals surface area contributed by atoms with E-state index in [9.17, 15) is 9.59 Å². The van der Waals surface area contributed by atoms with E-state index < -0.39 is 5.97 Å². The Balaban J connectivity index is 0. The normalized spacial score (nSPS) is 10.3. The zero-order chi connectivity index (χ0) is 16.0. The van der Waals surface area contributed by atoms with Crippen molar-refractivity contribution in [3.8, 4) is 0 Å². The predicted molar refractivity (Wildman–Crippen MR) is 81.6 cm³/mol. The van der Waals surface area contributed by atoms with Crippen LogP contribution in [0.15, 0.2) is 23.8 Å². The molecule has 0 aromatic rings. The Morgan fingerprint density at radius 2 is 1.80 bits per heavy atom. The lowest BCUT2D eigenvalue weighted by atomic mass is 10.1. The zero-order valence-corrected chi connectivity index (χ0v) is 13.2. The number of rotatable bonds is 8. The van der Waals surface area contributed by atoms with E-state index >= 15 is 0 Å². The molecule has 0 saturated carbocycles. The number of allylic oxidation sites excluding steroid dienone is 1. The van der Waals surface area contributed by atoms with Crippen LogP contribution in [0, 0.1) is 0 Å². The molecule has 0 aliphatic rings. The van der Waals surface area contributed by atoms with E-state index in [4.69, 9.17) is 5.11 Å². The Kier molecular flexibility index (Phi) is 14.3. The van der Waals surface area contributed by atoms with E-state index in [-0.39, 0.29) is 5.97 Å². The maximum atomic E-state index is 10.7. The van der Waals surface area contributed by atoms with Gasteiger partial charge in [0.05, 0.1) is 7.11 Å². The van der Waals surface area contributed by atoms with Crippen LogP contribution in [0.3, 0.4) is 0 Å². The zero-order valence-electron chi connectivity index (χ0n) is 13.2. The van der Waals surface area contributed by atoms with Crippen molar-refractivity contribution in [2.75, 3.05) is 7.11 Å². The number of ether oxygens (including phenoxy) is 1. The molecule has 4 nitrogen and oxygen atoms in total. The summed E-state index contributed by atoms with van der Waals surface area (Å²) in [7, 11) is 1.33. The number of methoxy groups -OCH3 is 1. The standard InChI is InChI=1S/C11H20O2.C5H8O2/c1-3-5-6-7-9-10(8-4-2)11(12)13;1-4(2)5(6)7-3/h8H,3-7,9H2,1-2H3,(H,12,13);1H2,2-3H3. The van der Waals surface area contributed by atoms with E-state index in [1.165, 1.54) is 20.0 Å². The number of carbonyl (C=O) groups is 2. The lowest BCUT2D eigenvalue weighted by molar-refractivity contribution is -0.136. The molecule has 0 heterocycles. The summed E-state index contributed by atoms with van der Waals surface area (Å²) in [5, 5.41) is 8.79. The second kappa shape index (κ2) is 13.8. The molecule has 1 N–H and O–H groups in total. The van der Waals surface area contributed by atoms with Gasteiger partial charge in [0.15, 0.2) is 0 Å². The van der Waals surface area contributed by atoms with Gasteiger partial charge in [0.25, 0.3) is 0 Å². The smallest absolute Gasteiger partial charge is 0.332 e. The minimum Gasteiger partial charge on any atom is -0.478 e. The van der Waals surface area contributed by atoms with Gasteiger partial charge in [0.2, 0.25) is 0 Å². The first kappa shape index (κ1) is 20.7. The molecule has 0 aliphatic heterocycles. The van der Waals surface area contributed by atoms with Crippen LogP contribution < -0.4 is 0 Å². The van der Waals surface area contributed by atoms with Crippen molar-refractivity contribution in [2.24, 2.45) is 0 Å². The highest BCUT2D eigenvalue weighted by atomic mass is 16.5. The number of carboxylic acid groups (broad SMARTS) is 1. The van der Waals surface area contributed by atoms with Gasteiger partial charge in [-0.25, -0.2) is 9.59 Å². The molecule has 0 fully saturated rings. The first-order valence-corrected chi connectivity index (χ1v) is 7.06. The highest BCUT2D eigenvalue weighted by Gasteiger charge is 2.04. The average molecular weight is 284 g/mol. The summed E-state index contributed by atoms with van der Waals surface area (Å²) < 4.78 is 4.27. The van der Waals surface area contributed by atoms with E-state index in [2.05, 4.69) is 18.2 Å². The molecule has 0 unspecified atom stereocenters. The summed E-state index contributed by atoms with van der Waals surface area (Å²) in [5.74, 6) is -1.10. The Morgan fingerprint density at radius 1 is 1.20 bits per heavy atom. The van der Waals surface area contributed by atoms with Crippen LogP contribution >= 0.6 is 0 Å². The molecule has 0 amide bonds. The Labute approximate surface area is 122 Å². The minimum atomic E-state index is -0.752. The maximum absolute atomic E-state index is 10.7. The summed E-state index contributed by atoms with van der Waals surface area (Å²) in [6.07, 6.45) is 7.91. The SMILES string of the molecule is C=C(C)C(=O)OC.CCC=C(CCCCCC)C(=O)O. The van der Waals surface area contributed by atoms with E-state index in [1.807, 2.05) is 13.0 Å². The predicted octanol–water partition coefficient (Wildman–Crippen LogP) is 4.11. The number of esters is 1. The first-order chi connectivity index (χ1) is 9.40. The van der Waals surface area contributed by atoms with Gasteiger partial charge in [-0.3, -0.25) is 0 Å². The third-order valence-corrected chi connectivity index (χ3v) is 2.56. The van der Waals surface area contributed by atoms with Crippen LogP contribution in [0.1, 0.15) is 59.3 Å². The molecular formula is C16H28O4. The molecule has 0 bridgehead atoms. The number of carbonyl (C=O) groups excluding carboxylic acids is 1. The van der Waals surface area contributed by atoms with Gasteiger partial charge >= 0.3 is 11.9 Å². The van der Waals surface area contributed by atoms with Crippen molar-refractivity contribution in [2.45, 2.75) is 59.3 Å². The topological polar surface area (TPSA) is 63.6 Å². The Hall–Kier alpha value is -1.58. The van der Waals surface area contributed by atoms with Crippen LogP contribution in [0.5, 0.6) is 0 Å². The first-order valence-electron chi connectivity index (χ1n) is 7.06. The molecule has 0 atom stereocenters. The third kappa shape index (κ3) is 12.9. The molecule has 116 valence electrons. The highest BCUT2D eigenvalue weighted by Crippen LogP contribution is 2.10. The van der Waals surface area contributed by atoms with E-state index in [1.54, 1.807) is 6.92 Å². The molecule has 0 aliphatic carbocycles. The minimum absolute atomic E-state index is 0.347. The highest BCUT2D eigenvalue weighted by molar-refractivity contribution is 5.86. The summed E-state index contributed by atoms with van der Waals surface area (Å²) in [6, 6.07) is 0. The van der Waals surface area contributed by atoms with Crippen LogP contribution in [0.4, 0.5) is 0 Å². The molecule has 0 aromatic carbocycles. The van der Waals surface area contributed by atoms with E-state index in [0.29, 0.717) is 11.1 Å². The summed E-state index contributed by atoms with van der Waals surface area (Å²) >= 11 is 0. The van der Waals surface area contributed by atoms with Gasteiger partial charge in [-0.2, -0.15) is 0 Å². The van der Waals surface area contributed by atoms with Crippen molar-refractivity contribution >= 4 is 11.9 Å². The Bertz CT molecular complexity index is 329. The van der Waals surface area contributed by atoms with Crippen LogP contribution in [-0.2, 0) is 14.3 Å². The fourth-order valence-electron chi connectivity index (χ4n) is 1.46. The van der Waals surface area contributed by atoms with Crippen LogP contribution in [0.2, 0.25) is 0 Å². The maximum Gasteiger partial charge on any atom is 0.332 e. The molecule has 20 heavy (non-hydrogen) atoms. The van der Waals surface area contributed by atoms with Crippen LogP contribution in [-0.4, -0.2) is 24.2 Å². The van der Waals surface area contributed by atoms with Gasteiger partial charge in [-0.1, -0.05) is 45.8 Å². The summed E-state index contributed by atoms with van der Waals surface area (Å²) in [6.45, 7) is 9.07. The molecule has 0 rings (SSSR count). The third-order valence-electron chi connectivity index (χ3n) is 2.56. The molecule has 0 radical (unpaired) electrons. The monoisotopic (exact) mass is 284 g/mol. The second-order valence-corrected chi connectivity index (χ2v) is 4.53. The van der Waals surface area contributed by atoms with E-state index in [0.717, 1.165) is 25.7 Å². The second-order valence-electron chi connectivity index (χ2n) is 4.53. The molecule has 0 saturated heterocycles. The van der Waals surface area contributed by atoms with Gasteiger partial charge in [0, 0.05) is 11.1 Å². The van der Waals surface area contributed by atoms with Crippen molar-refractivity contribution in [3.63, 3.8) is 0 Å². The van der Waals surface area contributed by atoms with Gasteiger partial charge in [0.1, 0.15) is 0 Å². The summed E-state index contributed by atoms with van der Waals surface area (Å²) in [5.41, 5.74) is 1.01. The number of hydrogen-bond acceptors (Lipinski definition) is 3. The quantitative estimate of drug-likeness (QED) is 0.414. The molecule has 0 aromatic heterocycles. The van der Waals surface area contributed by atoms with Crippen molar-refractivity contribution in [1.29, 1.82) is 0 Å². The van der Waals surface area contributed by atoms with Crippen molar-refractivity contribution in [3.05, 3.63) is 23.8 Å². The lowest BCUT2D eigenvalue weighted by Crippen LogP contribution is -2.00. The van der Waals surface area contributed by atoms with Crippen molar-refractivity contribution < 1.29 is 19.4 Å². The van der Waals surface area contributed by atoms with Gasteiger partial charge in [-0.15, -0.1) is 0 Å².